The Kier molecular flexibility index (Phi) is 5.75. The second kappa shape index (κ2) is 7.77. The number of nitrogens with zero attached hydrogens (tertiary/aromatic N) is 1. The van der Waals surface area contributed by atoms with Crippen molar-refractivity contribution < 1.29 is 4.79 Å². The predicted molar refractivity (Wildman–Crippen MR) is 92.3 cm³/mol. The van der Waals surface area contributed by atoms with Crippen LogP contribution in [0.3, 0.4) is 0 Å². The highest BCUT2D eigenvalue weighted by atomic mass is 35.5. The van der Waals surface area contributed by atoms with E-state index in [-0.39, 0.29) is 11.9 Å². The van der Waals surface area contributed by atoms with Crippen LogP contribution in [0, 0.1) is 11.3 Å². The van der Waals surface area contributed by atoms with E-state index in [1.165, 1.54) is 0 Å². The van der Waals surface area contributed by atoms with E-state index >= 15 is 0 Å². The lowest BCUT2D eigenvalue weighted by Gasteiger charge is -2.20. The zero-order valence-corrected chi connectivity index (χ0v) is 13.8. The predicted octanol–water partition coefficient (Wildman–Crippen LogP) is 3.89. The molecule has 0 radical (unpaired) electrons. The number of amides is 1. The van der Waals surface area contributed by atoms with Crippen LogP contribution in [0.1, 0.15) is 31.0 Å². The summed E-state index contributed by atoms with van der Waals surface area (Å²) < 4.78 is 0. The maximum atomic E-state index is 12.3. The molecule has 0 aliphatic rings. The molecule has 0 heterocycles. The van der Waals surface area contributed by atoms with Crippen LogP contribution in [-0.4, -0.2) is 11.9 Å². The van der Waals surface area contributed by atoms with Crippen molar-refractivity contribution in [2.45, 2.75) is 25.9 Å². The molecule has 0 spiro atoms. The summed E-state index contributed by atoms with van der Waals surface area (Å²) in [7, 11) is 0. The van der Waals surface area contributed by atoms with Crippen LogP contribution >= 0.6 is 11.6 Å². The topological polar surface area (TPSA) is 64.9 Å². The van der Waals surface area contributed by atoms with Crippen molar-refractivity contribution in [2.75, 3.05) is 5.32 Å². The summed E-state index contributed by atoms with van der Waals surface area (Å²) in [4.78, 5) is 12.3. The Labute approximate surface area is 141 Å². The van der Waals surface area contributed by atoms with E-state index in [9.17, 15) is 4.79 Å². The fourth-order valence-electron chi connectivity index (χ4n) is 2.24. The molecule has 2 rings (SSSR count). The normalized spacial score (nSPS) is 13.0. The van der Waals surface area contributed by atoms with Crippen LogP contribution in [0.2, 0.25) is 5.02 Å². The Morgan fingerprint density at radius 3 is 2.61 bits per heavy atom. The summed E-state index contributed by atoms with van der Waals surface area (Å²) >= 11 is 5.99. The second-order valence-corrected chi connectivity index (χ2v) is 5.78. The maximum Gasteiger partial charge on any atom is 0.241 e. The van der Waals surface area contributed by atoms with Crippen molar-refractivity contribution in [2.24, 2.45) is 0 Å². The molecular formula is C18H18ClN3O. The minimum Gasteiger partial charge on any atom is -0.325 e. The Balaban J connectivity index is 1.98. The average molecular weight is 328 g/mol. The van der Waals surface area contributed by atoms with Gasteiger partial charge in [-0.1, -0.05) is 29.8 Å². The standard InChI is InChI=1S/C18H18ClN3O/c1-12(15-6-4-7-16(19)10-15)21-13(2)18(23)22-17-8-3-5-14(9-17)11-20/h3-10,12-13,21H,1-2H3,(H,22,23)/t12-,13+/m1/s1. The number of anilines is 1. The van der Waals surface area contributed by atoms with Crippen molar-refractivity contribution in [3.63, 3.8) is 0 Å². The molecule has 2 aromatic rings. The first-order valence-corrected chi connectivity index (χ1v) is 7.70. The van der Waals surface area contributed by atoms with E-state index < -0.39 is 6.04 Å². The molecule has 118 valence electrons. The summed E-state index contributed by atoms with van der Waals surface area (Å²) in [6, 6.07) is 16.0. The van der Waals surface area contributed by atoms with E-state index in [2.05, 4.69) is 10.6 Å². The van der Waals surface area contributed by atoms with Gasteiger partial charge in [0.1, 0.15) is 0 Å². The first kappa shape index (κ1) is 17.0. The quantitative estimate of drug-likeness (QED) is 0.875. The SMILES string of the molecule is C[C@H](N[C@H](C)c1cccc(Cl)c1)C(=O)Nc1cccc(C#N)c1. The number of rotatable bonds is 5. The number of carbonyl (C=O) groups is 1. The molecule has 1 amide bonds. The van der Waals surface area contributed by atoms with Crippen LogP contribution in [-0.2, 0) is 4.79 Å². The Bertz CT molecular complexity index is 739. The highest BCUT2D eigenvalue weighted by Crippen LogP contribution is 2.18. The van der Waals surface area contributed by atoms with E-state index in [1.54, 1.807) is 31.2 Å². The van der Waals surface area contributed by atoms with Crippen LogP contribution in [0.25, 0.3) is 0 Å². The molecule has 0 aliphatic heterocycles. The molecule has 2 atom stereocenters. The van der Waals surface area contributed by atoms with Crippen LogP contribution in [0.4, 0.5) is 5.69 Å². The van der Waals surface area contributed by atoms with Crippen molar-refractivity contribution in [1.29, 1.82) is 5.26 Å². The molecule has 0 aliphatic carbocycles. The zero-order valence-electron chi connectivity index (χ0n) is 13.0. The Morgan fingerprint density at radius 2 is 1.91 bits per heavy atom. The number of halogens is 1. The number of nitriles is 1. The van der Waals surface area contributed by atoms with Gasteiger partial charge in [-0.15, -0.1) is 0 Å². The Hall–Kier alpha value is -2.35. The molecule has 23 heavy (non-hydrogen) atoms. The van der Waals surface area contributed by atoms with E-state index in [0.717, 1.165) is 5.56 Å². The van der Waals surface area contributed by atoms with Gasteiger partial charge in [0, 0.05) is 16.8 Å². The first-order chi connectivity index (χ1) is 11.0. The van der Waals surface area contributed by atoms with Gasteiger partial charge >= 0.3 is 0 Å². The first-order valence-electron chi connectivity index (χ1n) is 7.32. The number of benzene rings is 2. The summed E-state index contributed by atoms with van der Waals surface area (Å²) in [5, 5.41) is 15.6. The monoisotopic (exact) mass is 327 g/mol. The number of hydrogen-bond donors (Lipinski definition) is 2. The van der Waals surface area contributed by atoms with Crippen LogP contribution < -0.4 is 10.6 Å². The molecule has 0 fully saturated rings. The largest absolute Gasteiger partial charge is 0.325 e. The Morgan fingerprint density at radius 1 is 1.17 bits per heavy atom. The lowest BCUT2D eigenvalue weighted by atomic mass is 10.1. The lowest BCUT2D eigenvalue weighted by molar-refractivity contribution is -0.117. The maximum absolute atomic E-state index is 12.3. The van der Waals surface area contributed by atoms with Gasteiger partial charge in [0.15, 0.2) is 0 Å². The molecular weight excluding hydrogens is 310 g/mol. The van der Waals surface area contributed by atoms with Crippen molar-refractivity contribution in [3.8, 4) is 6.07 Å². The molecule has 0 aromatic heterocycles. The minimum absolute atomic E-state index is 0.0140. The highest BCUT2D eigenvalue weighted by Gasteiger charge is 2.16. The van der Waals surface area contributed by atoms with Crippen molar-refractivity contribution >= 4 is 23.2 Å². The average Bonchev–Trinajstić information content (AvgIpc) is 2.54. The minimum atomic E-state index is -0.394. The van der Waals surface area contributed by atoms with Gasteiger partial charge < -0.3 is 5.32 Å². The summed E-state index contributed by atoms with van der Waals surface area (Å²) in [6.07, 6.45) is 0. The van der Waals surface area contributed by atoms with E-state index in [1.807, 2.05) is 37.3 Å². The second-order valence-electron chi connectivity index (χ2n) is 5.35. The summed E-state index contributed by atoms with van der Waals surface area (Å²) in [5.41, 5.74) is 2.14. The highest BCUT2D eigenvalue weighted by molar-refractivity contribution is 6.30. The zero-order chi connectivity index (χ0) is 16.8. The van der Waals surface area contributed by atoms with E-state index in [0.29, 0.717) is 16.3 Å². The molecule has 0 unspecified atom stereocenters. The number of carbonyl (C=O) groups excluding carboxylic acids is 1. The lowest BCUT2D eigenvalue weighted by Crippen LogP contribution is -2.39. The molecule has 0 saturated carbocycles. The third-order valence-corrected chi connectivity index (χ3v) is 3.74. The molecule has 0 bridgehead atoms. The molecule has 5 heteroatoms. The van der Waals surface area contributed by atoms with Gasteiger partial charge in [-0.25, -0.2) is 0 Å². The summed E-state index contributed by atoms with van der Waals surface area (Å²) in [6.45, 7) is 3.77. The molecule has 2 aromatic carbocycles. The van der Waals surface area contributed by atoms with Gasteiger partial charge in [0.25, 0.3) is 0 Å². The van der Waals surface area contributed by atoms with Gasteiger partial charge in [-0.05, 0) is 49.7 Å². The fraction of sp³-hybridized carbons (Fsp3) is 0.222. The third kappa shape index (κ3) is 4.82. The van der Waals surface area contributed by atoms with Crippen LogP contribution in [0.15, 0.2) is 48.5 Å². The third-order valence-electron chi connectivity index (χ3n) is 3.50. The van der Waals surface area contributed by atoms with Crippen molar-refractivity contribution in [1.82, 2.24) is 5.32 Å². The molecule has 0 saturated heterocycles. The molecule has 2 N–H and O–H groups in total. The number of nitrogens with one attached hydrogen (secondary N) is 2. The van der Waals surface area contributed by atoms with E-state index in [4.69, 9.17) is 16.9 Å². The summed E-state index contributed by atoms with van der Waals surface area (Å²) in [5.74, 6) is -0.158. The number of hydrogen-bond acceptors (Lipinski definition) is 3. The smallest absolute Gasteiger partial charge is 0.241 e. The molecule has 4 nitrogen and oxygen atoms in total. The van der Waals surface area contributed by atoms with Gasteiger partial charge in [0.05, 0.1) is 17.7 Å². The van der Waals surface area contributed by atoms with Crippen molar-refractivity contribution in [3.05, 3.63) is 64.7 Å². The van der Waals surface area contributed by atoms with Gasteiger partial charge in [0.2, 0.25) is 5.91 Å². The fourth-order valence-corrected chi connectivity index (χ4v) is 2.44. The van der Waals surface area contributed by atoms with Gasteiger partial charge in [-0.3, -0.25) is 10.1 Å². The van der Waals surface area contributed by atoms with Gasteiger partial charge in [-0.2, -0.15) is 5.26 Å². The van der Waals surface area contributed by atoms with Crippen LogP contribution in [0.5, 0.6) is 0 Å².